The van der Waals surface area contributed by atoms with Gasteiger partial charge in [0.1, 0.15) is 23.7 Å². The van der Waals surface area contributed by atoms with Crippen LogP contribution in [0.5, 0.6) is 11.5 Å². The standard InChI is InChI=1S/C32H31NO5/c1-3-4-5-6-7-29(30-20-22(2)31(34)38-30)36-27-18-14-26(15-19-27)32(35)37-28-16-12-25(13-17-28)24-10-8-23(21-33)9-11-24/h8-19,29-30H,2-7,20H2,1H3. The third-order valence-corrected chi connectivity index (χ3v) is 6.54. The van der Waals surface area contributed by atoms with Crippen molar-refractivity contribution >= 4 is 11.9 Å². The van der Waals surface area contributed by atoms with Gasteiger partial charge in [-0.05, 0) is 72.5 Å². The van der Waals surface area contributed by atoms with E-state index in [1.807, 2.05) is 24.3 Å². The molecule has 1 aliphatic rings. The Labute approximate surface area is 223 Å². The largest absolute Gasteiger partial charge is 0.487 e. The highest BCUT2D eigenvalue weighted by Crippen LogP contribution is 2.28. The number of hydrogen-bond donors (Lipinski definition) is 0. The van der Waals surface area contributed by atoms with Gasteiger partial charge in [0.25, 0.3) is 0 Å². The lowest BCUT2D eigenvalue weighted by Crippen LogP contribution is -2.31. The van der Waals surface area contributed by atoms with Gasteiger partial charge in [0.2, 0.25) is 0 Å². The maximum atomic E-state index is 12.7. The van der Waals surface area contributed by atoms with Crippen LogP contribution in [0.2, 0.25) is 0 Å². The minimum absolute atomic E-state index is 0.275. The van der Waals surface area contributed by atoms with Gasteiger partial charge >= 0.3 is 11.9 Å². The van der Waals surface area contributed by atoms with Crippen LogP contribution in [0.15, 0.2) is 84.9 Å². The second kappa shape index (κ2) is 12.7. The number of unbranched alkanes of at least 4 members (excludes halogenated alkanes) is 3. The van der Waals surface area contributed by atoms with E-state index < -0.39 is 5.97 Å². The quantitative estimate of drug-likeness (QED) is 0.119. The molecule has 6 heteroatoms. The Kier molecular flexibility index (Phi) is 8.94. The van der Waals surface area contributed by atoms with Gasteiger partial charge in [-0.3, -0.25) is 0 Å². The van der Waals surface area contributed by atoms with Crippen molar-refractivity contribution in [3.05, 3.63) is 96.1 Å². The number of hydrogen-bond acceptors (Lipinski definition) is 6. The molecule has 6 nitrogen and oxygen atoms in total. The molecule has 0 amide bonds. The van der Waals surface area contributed by atoms with E-state index in [-0.39, 0.29) is 18.2 Å². The fourth-order valence-corrected chi connectivity index (χ4v) is 4.35. The maximum absolute atomic E-state index is 12.7. The third kappa shape index (κ3) is 6.89. The molecule has 0 N–H and O–H groups in total. The van der Waals surface area contributed by atoms with Crippen LogP contribution >= 0.6 is 0 Å². The molecule has 0 aliphatic carbocycles. The third-order valence-electron chi connectivity index (χ3n) is 6.54. The molecule has 0 bridgehead atoms. The van der Waals surface area contributed by atoms with E-state index in [9.17, 15) is 9.59 Å². The Morgan fingerprint density at radius 3 is 2.18 bits per heavy atom. The van der Waals surface area contributed by atoms with Gasteiger partial charge in [0, 0.05) is 12.0 Å². The molecule has 3 aromatic carbocycles. The predicted octanol–water partition coefficient (Wildman–Crippen LogP) is 7.03. The molecule has 2 unspecified atom stereocenters. The molecule has 1 fully saturated rings. The molecule has 194 valence electrons. The minimum atomic E-state index is -0.472. The van der Waals surface area contributed by atoms with Crippen molar-refractivity contribution in [2.45, 2.75) is 57.7 Å². The lowest BCUT2D eigenvalue weighted by Gasteiger charge is -2.24. The van der Waals surface area contributed by atoms with Crippen molar-refractivity contribution in [1.82, 2.24) is 0 Å². The summed E-state index contributed by atoms with van der Waals surface area (Å²) in [6.07, 6.45) is 4.97. The molecule has 0 radical (unpaired) electrons. The molecular formula is C32H31NO5. The Hall–Kier alpha value is -4.37. The summed E-state index contributed by atoms with van der Waals surface area (Å²) in [5.41, 5.74) is 3.40. The molecule has 0 saturated carbocycles. The summed E-state index contributed by atoms with van der Waals surface area (Å²) in [7, 11) is 0. The van der Waals surface area contributed by atoms with Gasteiger partial charge in [-0.1, -0.05) is 57.0 Å². The van der Waals surface area contributed by atoms with Crippen LogP contribution in [0.4, 0.5) is 0 Å². The number of cyclic esters (lactones) is 1. The molecule has 0 aromatic heterocycles. The lowest BCUT2D eigenvalue weighted by molar-refractivity contribution is -0.142. The first kappa shape index (κ1) is 26.7. The first-order valence-electron chi connectivity index (χ1n) is 12.9. The highest BCUT2D eigenvalue weighted by molar-refractivity contribution is 5.91. The summed E-state index contributed by atoms with van der Waals surface area (Å²) in [6, 6.07) is 23.4. The summed E-state index contributed by atoms with van der Waals surface area (Å²) in [5, 5.41) is 8.95. The van der Waals surface area contributed by atoms with Crippen LogP contribution in [-0.2, 0) is 9.53 Å². The second-order valence-electron chi connectivity index (χ2n) is 9.38. The van der Waals surface area contributed by atoms with Crippen molar-refractivity contribution in [2.75, 3.05) is 0 Å². The van der Waals surface area contributed by atoms with E-state index in [2.05, 4.69) is 19.6 Å². The second-order valence-corrected chi connectivity index (χ2v) is 9.38. The molecule has 2 atom stereocenters. The van der Waals surface area contributed by atoms with Crippen LogP contribution in [0.1, 0.15) is 61.4 Å². The first-order chi connectivity index (χ1) is 18.5. The van der Waals surface area contributed by atoms with Gasteiger partial charge in [-0.2, -0.15) is 5.26 Å². The molecular weight excluding hydrogens is 478 g/mol. The van der Waals surface area contributed by atoms with Crippen LogP contribution in [0.3, 0.4) is 0 Å². The summed E-state index contributed by atoms with van der Waals surface area (Å²) in [4.78, 5) is 24.6. The van der Waals surface area contributed by atoms with E-state index in [0.29, 0.717) is 34.6 Å². The van der Waals surface area contributed by atoms with E-state index in [1.54, 1.807) is 48.5 Å². The number of esters is 2. The molecule has 38 heavy (non-hydrogen) atoms. The highest BCUT2D eigenvalue weighted by atomic mass is 16.6. The normalized spacial score (nSPS) is 15.4. The molecule has 4 rings (SSSR count). The van der Waals surface area contributed by atoms with E-state index in [0.717, 1.165) is 43.2 Å². The highest BCUT2D eigenvalue weighted by Gasteiger charge is 2.35. The van der Waals surface area contributed by atoms with Crippen molar-refractivity contribution in [2.24, 2.45) is 0 Å². The zero-order valence-electron chi connectivity index (χ0n) is 21.5. The summed E-state index contributed by atoms with van der Waals surface area (Å²) >= 11 is 0. The lowest BCUT2D eigenvalue weighted by atomic mass is 10.0. The van der Waals surface area contributed by atoms with E-state index >= 15 is 0 Å². The van der Waals surface area contributed by atoms with Crippen LogP contribution in [-0.4, -0.2) is 24.1 Å². The van der Waals surface area contributed by atoms with E-state index in [4.69, 9.17) is 19.5 Å². The number of rotatable bonds is 11. The molecule has 0 spiro atoms. The van der Waals surface area contributed by atoms with Gasteiger partial charge < -0.3 is 14.2 Å². The minimum Gasteiger partial charge on any atom is -0.487 e. The van der Waals surface area contributed by atoms with Gasteiger partial charge in [-0.25, -0.2) is 9.59 Å². The molecule has 1 aliphatic heterocycles. The number of carbonyl (C=O) groups is 2. The zero-order chi connectivity index (χ0) is 26.9. The van der Waals surface area contributed by atoms with Crippen molar-refractivity contribution in [3.63, 3.8) is 0 Å². The zero-order valence-corrected chi connectivity index (χ0v) is 21.5. The molecule has 1 heterocycles. The SMILES string of the molecule is C=C1CC(C(CCCCCC)Oc2ccc(C(=O)Oc3ccc(-c4ccc(C#N)cc4)cc3)cc2)OC1=O. The predicted molar refractivity (Wildman–Crippen MR) is 145 cm³/mol. The van der Waals surface area contributed by atoms with Crippen LogP contribution in [0.25, 0.3) is 11.1 Å². The number of benzene rings is 3. The number of carbonyl (C=O) groups excluding carboxylic acids is 2. The molecule has 1 saturated heterocycles. The van der Waals surface area contributed by atoms with Crippen LogP contribution < -0.4 is 9.47 Å². The van der Waals surface area contributed by atoms with Crippen molar-refractivity contribution < 1.29 is 23.8 Å². The van der Waals surface area contributed by atoms with Crippen molar-refractivity contribution in [1.29, 1.82) is 5.26 Å². The number of nitrogens with zero attached hydrogens (tertiary/aromatic N) is 1. The number of nitriles is 1. The van der Waals surface area contributed by atoms with Gasteiger partial charge in [0.05, 0.1) is 17.2 Å². The summed E-state index contributed by atoms with van der Waals surface area (Å²) in [6.45, 7) is 5.95. The Balaban J connectivity index is 1.36. The van der Waals surface area contributed by atoms with Crippen molar-refractivity contribution in [3.8, 4) is 28.7 Å². The Morgan fingerprint density at radius 1 is 0.974 bits per heavy atom. The number of ether oxygens (including phenoxy) is 3. The summed E-state index contributed by atoms with van der Waals surface area (Å²) in [5.74, 6) is 0.200. The topological polar surface area (TPSA) is 85.6 Å². The monoisotopic (exact) mass is 509 g/mol. The summed E-state index contributed by atoms with van der Waals surface area (Å²) < 4.78 is 17.2. The van der Waals surface area contributed by atoms with Gasteiger partial charge in [-0.15, -0.1) is 0 Å². The van der Waals surface area contributed by atoms with E-state index in [1.165, 1.54) is 0 Å². The average molecular weight is 510 g/mol. The Bertz CT molecular complexity index is 1290. The van der Waals surface area contributed by atoms with Crippen LogP contribution in [0, 0.1) is 11.3 Å². The first-order valence-corrected chi connectivity index (χ1v) is 12.9. The fourth-order valence-electron chi connectivity index (χ4n) is 4.35. The fraction of sp³-hybridized carbons (Fsp3) is 0.281. The Morgan fingerprint density at radius 2 is 1.61 bits per heavy atom. The van der Waals surface area contributed by atoms with Gasteiger partial charge in [0.15, 0.2) is 0 Å². The smallest absolute Gasteiger partial charge is 0.343 e. The average Bonchev–Trinajstić information content (AvgIpc) is 3.29. The molecule has 3 aromatic rings. The maximum Gasteiger partial charge on any atom is 0.343 e.